The molecule has 0 aliphatic carbocycles. The number of ether oxygens (including phenoxy) is 1. The minimum atomic E-state index is -0.757. The highest BCUT2D eigenvalue weighted by Gasteiger charge is 2.43. The second-order valence-electron chi connectivity index (χ2n) is 7.35. The molecule has 4 rings (SSSR count). The van der Waals surface area contributed by atoms with Crippen molar-refractivity contribution in [3.8, 4) is 5.75 Å². The Morgan fingerprint density at radius 1 is 1.33 bits per heavy atom. The number of benzene rings is 1. The summed E-state index contributed by atoms with van der Waals surface area (Å²) in [6.07, 6.45) is 0.888. The van der Waals surface area contributed by atoms with Crippen LogP contribution < -0.4 is 10.1 Å². The quantitative estimate of drug-likeness (QED) is 0.846. The molecular formula is C20H23FN2O4. The largest absolute Gasteiger partial charge is 0.487 e. The number of nitrogens with one attached hydrogen (secondary N) is 1. The van der Waals surface area contributed by atoms with Crippen LogP contribution >= 0.6 is 0 Å². The zero-order valence-electron chi connectivity index (χ0n) is 15.2. The molecule has 0 radical (unpaired) electrons. The monoisotopic (exact) mass is 374 g/mol. The van der Waals surface area contributed by atoms with E-state index in [4.69, 9.17) is 9.15 Å². The van der Waals surface area contributed by atoms with Crippen LogP contribution in [0.15, 0.2) is 34.7 Å². The van der Waals surface area contributed by atoms with Gasteiger partial charge in [-0.25, -0.2) is 9.18 Å². The van der Waals surface area contributed by atoms with Crippen molar-refractivity contribution >= 4 is 6.03 Å². The number of rotatable bonds is 2. The van der Waals surface area contributed by atoms with Crippen LogP contribution in [0.1, 0.15) is 42.5 Å². The average Bonchev–Trinajstić information content (AvgIpc) is 3.06. The van der Waals surface area contributed by atoms with Crippen molar-refractivity contribution in [3.63, 3.8) is 0 Å². The molecule has 0 saturated carbocycles. The molecule has 1 fully saturated rings. The molecule has 1 atom stereocenters. The third kappa shape index (κ3) is 3.64. The van der Waals surface area contributed by atoms with E-state index in [-0.39, 0.29) is 11.8 Å². The van der Waals surface area contributed by atoms with E-state index in [1.807, 2.05) is 19.1 Å². The summed E-state index contributed by atoms with van der Waals surface area (Å²) >= 11 is 0. The lowest BCUT2D eigenvalue weighted by molar-refractivity contribution is -0.0479. The summed E-state index contributed by atoms with van der Waals surface area (Å²) in [7, 11) is 0. The van der Waals surface area contributed by atoms with Gasteiger partial charge in [0, 0.05) is 37.9 Å². The second kappa shape index (κ2) is 6.88. The van der Waals surface area contributed by atoms with Gasteiger partial charge in [-0.3, -0.25) is 0 Å². The summed E-state index contributed by atoms with van der Waals surface area (Å²) in [5.41, 5.74) is -0.0198. The van der Waals surface area contributed by atoms with Gasteiger partial charge >= 0.3 is 6.03 Å². The zero-order chi connectivity index (χ0) is 19.0. The third-order valence-corrected chi connectivity index (χ3v) is 5.39. The predicted molar refractivity (Wildman–Crippen MR) is 95.8 cm³/mol. The molecule has 2 N–H and O–H groups in total. The molecule has 2 amide bonds. The van der Waals surface area contributed by atoms with Gasteiger partial charge in [0.15, 0.2) is 0 Å². The van der Waals surface area contributed by atoms with Gasteiger partial charge in [-0.1, -0.05) is 0 Å². The number of hydrogen-bond donors (Lipinski definition) is 2. The highest BCUT2D eigenvalue weighted by molar-refractivity contribution is 5.74. The number of halogens is 1. The van der Waals surface area contributed by atoms with E-state index >= 15 is 0 Å². The lowest BCUT2D eigenvalue weighted by Crippen LogP contribution is -2.53. The summed E-state index contributed by atoms with van der Waals surface area (Å²) in [6, 6.07) is 7.80. The number of carbonyl (C=O) groups is 1. The van der Waals surface area contributed by atoms with Gasteiger partial charge in [-0.2, -0.15) is 0 Å². The van der Waals surface area contributed by atoms with Gasteiger partial charge in [0.05, 0.1) is 12.6 Å². The second-order valence-corrected chi connectivity index (χ2v) is 7.35. The normalized spacial score (nSPS) is 20.9. The van der Waals surface area contributed by atoms with Crippen LogP contribution in [0.2, 0.25) is 0 Å². The minimum absolute atomic E-state index is 0.141. The number of furan rings is 1. The molecule has 1 aromatic heterocycles. The minimum Gasteiger partial charge on any atom is -0.487 e. The maximum absolute atomic E-state index is 13.4. The van der Waals surface area contributed by atoms with Gasteiger partial charge < -0.3 is 24.5 Å². The maximum atomic E-state index is 13.4. The first-order valence-electron chi connectivity index (χ1n) is 9.19. The summed E-state index contributed by atoms with van der Waals surface area (Å²) in [6.45, 7) is 3.28. The molecule has 6 nitrogen and oxygen atoms in total. The first-order chi connectivity index (χ1) is 12.9. The molecule has 7 heteroatoms. The first kappa shape index (κ1) is 17.9. The number of aryl methyl sites for hydroxylation is 1. The Hall–Kier alpha value is -2.54. The Bertz CT molecular complexity index is 842. The van der Waals surface area contributed by atoms with Gasteiger partial charge in [0.25, 0.3) is 0 Å². The van der Waals surface area contributed by atoms with Crippen molar-refractivity contribution in [1.82, 2.24) is 10.2 Å². The number of nitrogens with zero attached hydrogens (tertiary/aromatic N) is 1. The van der Waals surface area contributed by atoms with Gasteiger partial charge in [0.2, 0.25) is 0 Å². The van der Waals surface area contributed by atoms with Crippen molar-refractivity contribution in [2.75, 3.05) is 13.1 Å². The highest BCUT2D eigenvalue weighted by atomic mass is 19.1. The van der Waals surface area contributed by atoms with Crippen molar-refractivity contribution in [2.45, 2.75) is 44.4 Å². The van der Waals surface area contributed by atoms with Crippen molar-refractivity contribution in [1.29, 1.82) is 0 Å². The predicted octanol–water partition coefficient (Wildman–Crippen LogP) is 3.29. The summed E-state index contributed by atoms with van der Waals surface area (Å²) in [4.78, 5) is 14.1. The van der Waals surface area contributed by atoms with Crippen LogP contribution in [0, 0.1) is 12.7 Å². The number of aliphatic hydroxyl groups is 1. The number of hydrogen-bond acceptors (Lipinski definition) is 4. The lowest BCUT2D eigenvalue weighted by Gasteiger charge is -2.45. The molecule has 0 bridgehead atoms. The standard InChI is InChI=1S/C20H23FN2O4/c1-13-2-4-15(26-13)12-22-19(25)23-8-6-20(7-9-23)11-17(24)16-10-14(21)3-5-18(16)27-20/h2-5,10,17,24H,6-9,11-12H2,1H3,(H,22,25). The zero-order valence-corrected chi connectivity index (χ0v) is 15.2. The van der Waals surface area contributed by atoms with Crippen molar-refractivity contribution in [2.24, 2.45) is 0 Å². The molecule has 2 aliphatic rings. The van der Waals surface area contributed by atoms with E-state index in [0.29, 0.717) is 50.2 Å². The van der Waals surface area contributed by atoms with Crippen LogP contribution in [0.4, 0.5) is 9.18 Å². The van der Waals surface area contributed by atoms with Crippen LogP contribution in [0.3, 0.4) is 0 Å². The molecular weight excluding hydrogens is 351 g/mol. The molecule has 2 aliphatic heterocycles. The van der Waals surface area contributed by atoms with Crippen molar-refractivity contribution in [3.05, 3.63) is 53.2 Å². The summed E-state index contributed by atoms with van der Waals surface area (Å²) in [5, 5.41) is 13.3. The van der Waals surface area contributed by atoms with Crippen LogP contribution in [-0.2, 0) is 6.54 Å². The number of aliphatic hydroxyl groups excluding tert-OH is 1. The van der Waals surface area contributed by atoms with Crippen LogP contribution in [0.5, 0.6) is 5.75 Å². The maximum Gasteiger partial charge on any atom is 0.317 e. The van der Waals surface area contributed by atoms with E-state index < -0.39 is 11.7 Å². The number of fused-ring (bicyclic) bond motifs is 1. The van der Waals surface area contributed by atoms with Crippen LogP contribution in [0.25, 0.3) is 0 Å². The molecule has 3 heterocycles. The number of urea groups is 1. The number of carbonyl (C=O) groups excluding carboxylic acids is 1. The van der Waals surface area contributed by atoms with E-state index in [1.165, 1.54) is 12.1 Å². The van der Waals surface area contributed by atoms with E-state index in [2.05, 4.69) is 5.32 Å². The van der Waals surface area contributed by atoms with Gasteiger partial charge in [0.1, 0.15) is 28.7 Å². The fourth-order valence-electron chi connectivity index (χ4n) is 3.89. The molecule has 1 unspecified atom stereocenters. The van der Waals surface area contributed by atoms with E-state index in [9.17, 15) is 14.3 Å². The third-order valence-electron chi connectivity index (χ3n) is 5.39. The van der Waals surface area contributed by atoms with E-state index in [0.717, 1.165) is 11.5 Å². The number of amides is 2. The summed E-state index contributed by atoms with van der Waals surface area (Å²) < 4.78 is 25.0. The highest BCUT2D eigenvalue weighted by Crippen LogP contribution is 2.44. The average molecular weight is 374 g/mol. The molecule has 144 valence electrons. The number of piperidine rings is 1. The topological polar surface area (TPSA) is 74.9 Å². The Labute approximate surface area is 156 Å². The Kier molecular flexibility index (Phi) is 4.55. The van der Waals surface area contributed by atoms with E-state index in [1.54, 1.807) is 11.0 Å². The number of likely N-dealkylation sites (tertiary alicyclic amines) is 1. The van der Waals surface area contributed by atoms with Crippen LogP contribution in [-0.4, -0.2) is 34.7 Å². The Morgan fingerprint density at radius 2 is 2.11 bits per heavy atom. The molecule has 2 aromatic rings. The van der Waals surface area contributed by atoms with Crippen molar-refractivity contribution < 1.29 is 23.4 Å². The molecule has 27 heavy (non-hydrogen) atoms. The summed E-state index contributed by atoms with van der Waals surface area (Å²) in [5.74, 6) is 1.68. The SMILES string of the molecule is Cc1ccc(CNC(=O)N2CCC3(CC2)CC(O)c2cc(F)ccc2O3)o1. The van der Waals surface area contributed by atoms with Gasteiger partial charge in [-0.15, -0.1) is 0 Å². The molecule has 1 saturated heterocycles. The smallest absolute Gasteiger partial charge is 0.317 e. The fourth-order valence-corrected chi connectivity index (χ4v) is 3.89. The molecule has 1 spiro atoms. The molecule has 1 aromatic carbocycles. The fraction of sp³-hybridized carbons (Fsp3) is 0.450. The Balaban J connectivity index is 1.35. The van der Waals surface area contributed by atoms with Gasteiger partial charge in [-0.05, 0) is 37.3 Å². The lowest BCUT2D eigenvalue weighted by atomic mass is 9.81. The first-order valence-corrected chi connectivity index (χ1v) is 9.19. The Morgan fingerprint density at radius 3 is 2.81 bits per heavy atom.